The first-order chi connectivity index (χ1) is 20.8. The van der Waals surface area contributed by atoms with Crippen LogP contribution >= 0.6 is 0 Å². The first kappa shape index (κ1) is 31.9. The summed E-state index contributed by atoms with van der Waals surface area (Å²) in [6.45, 7) is 5.45. The lowest BCUT2D eigenvalue weighted by Gasteiger charge is -2.28. The number of hydrogen-bond acceptors (Lipinski definition) is 10. The predicted molar refractivity (Wildman–Crippen MR) is 163 cm³/mol. The number of nitrogens with one attached hydrogen (secondary N) is 2. The zero-order valence-electron chi connectivity index (χ0n) is 25.9. The van der Waals surface area contributed by atoms with Crippen molar-refractivity contribution in [1.82, 2.24) is 35.2 Å². The Balaban J connectivity index is 1.69. The molecule has 1 saturated heterocycles. The van der Waals surface area contributed by atoms with Gasteiger partial charge in [0.15, 0.2) is 0 Å². The van der Waals surface area contributed by atoms with E-state index >= 15 is 0 Å². The minimum atomic E-state index is -0.940. The van der Waals surface area contributed by atoms with Gasteiger partial charge in [0.25, 0.3) is 11.8 Å². The van der Waals surface area contributed by atoms with Crippen LogP contribution in [0.5, 0.6) is 11.5 Å². The molecule has 0 saturated carbocycles. The molecule has 234 valence electrons. The van der Waals surface area contributed by atoms with Crippen LogP contribution in [-0.2, 0) is 14.3 Å². The highest BCUT2D eigenvalue weighted by Gasteiger charge is 2.43. The van der Waals surface area contributed by atoms with Crippen LogP contribution in [0.3, 0.4) is 0 Å². The lowest BCUT2D eigenvalue weighted by molar-refractivity contribution is -0.131. The molecule has 1 aliphatic heterocycles. The normalized spacial score (nSPS) is 16.3. The molecule has 0 aliphatic carbocycles. The van der Waals surface area contributed by atoms with Crippen molar-refractivity contribution in [1.29, 1.82) is 0 Å². The number of nitrogen functional groups attached to an aromatic ring is 1. The Bertz CT molecular complexity index is 1590. The summed E-state index contributed by atoms with van der Waals surface area (Å²) in [5.41, 5.74) is 12.1. The zero-order chi connectivity index (χ0) is 32.2. The van der Waals surface area contributed by atoms with Gasteiger partial charge in [-0.15, -0.1) is 0 Å². The van der Waals surface area contributed by atoms with Gasteiger partial charge in [-0.25, -0.2) is 14.8 Å². The topological polar surface area (TPSA) is 166 Å². The number of likely N-dealkylation sites (tertiary alicyclic amines) is 1. The van der Waals surface area contributed by atoms with E-state index in [0.29, 0.717) is 33.7 Å². The van der Waals surface area contributed by atoms with Gasteiger partial charge in [0, 0.05) is 24.4 Å². The quantitative estimate of drug-likeness (QED) is 0.278. The van der Waals surface area contributed by atoms with Crippen molar-refractivity contribution in [2.45, 2.75) is 44.9 Å². The Hall–Kier alpha value is -5.03. The predicted octanol–water partition coefficient (Wildman–Crippen LogP) is 1.69. The molecule has 3 amide bonds. The van der Waals surface area contributed by atoms with Gasteiger partial charge in [-0.2, -0.15) is 0 Å². The van der Waals surface area contributed by atoms with Crippen molar-refractivity contribution in [3.8, 4) is 23.3 Å². The van der Waals surface area contributed by atoms with Gasteiger partial charge in [-0.3, -0.25) is 25.3 Å². The molecule has 3 aromatic rings. The fourth-order valence-electron chi connectivity index (χ4n) is 4.83. The molecule has 0 spiro atoms. The number of carbonyl (C=O) groups excluding carboxylic acids is 3. The number of benzene rings is 1. The summed E-state index contributed by atoms with van der Waals surface area (Å²) in [6.07, 6.45) is 2.69. The number of aromatic nitrogens is 3. The summed E-state index contributed by atoms with van der Waals surface area (Å²) in [6, 6.07) is 3.97. The molecule has 14 heteroatoms. The highest BCUT2D eigenvalue weighted by molar-refractivity contribution is 5.93. The molecule has 0 bridgehead atoms. The first-order valence-corrected chi connectivity index (χ1v) is 13.9. The van der Waals surface area contributed by atoms with Crippen molar-refractivity contribution in [3.05, 3.63) is 41.9 Å². The Morgan fingerprint density at radius 1 is 1.07 bits per heavy atom. The van der Waals surface area contributed by atoms with E-state index in [9.17, 15) is 14.4 Å². The molecule has 1 aliphatic rings. The second-order valence-electron chi connectivity index (χ2n) is 11.6. The minimum absolute atomic E-state index is 0.0756. The van der Waals surface area contributed by atoms with E-state index in [1.54, 1.807) is 78.4 Å². The third-order valence-corrected chi connectivity index (χ3v) is 6.72. The molecule has 0 radical (unpaired) electrons. The van der Waals surface area contributed by atoms with E-state index in [0.717, 1.165) is 0 Å². The molecule has 1 aromatic carbocycles. The number of nitrogens with two attached hydrogens (primary N) is 1. The average molecular weight is 607 g/mol. The molecule has 44 heavy (non-hydrogen) atoms. The van der Waals surface area contributed by atoms with Crippen LogP contribution in [0, 0.1) is 11.8 Å². The number of methoxy groups -OCH3 is 2. The SMILES string of the molecule is COc1cc(C#Cc2cn(C3CC(C(=O)NNC(=O)CN(C)C)N(C(=O)OC(C)(C)C)C3)c3ncnc(N)c23)cc(OC)c1. The molecule has 4 N–H and O–H groups in total. The van der Waals surface area contributed by atoms with Crippen LogP contribution in [0.1, 0.15) is 44.4 Å². The largest absolute Gasteiger partial charge is 0.497 e. The molecule has 2 atom stereocenters. The number of carbonyl (C=O) groups is 3. The van der Waals surface area contributed by atoms with E-state index in [1.165, 1.54) is 11.2 Å². The molecule has 4 rings (SSSR count). The van der Waals surface area contributed by atoms with Crippen LogP contribution in [-0.4, -0.2) is 95.3 Å². The Morgan fingerprint density at radius 3 is 2.36 bits per heavy atom. The van der Waals surface area contributed by atoms with Crippen LogP contribution in [0.2, 0.25) is 0 Å². The number of amides is 3. The Kier molecular flexibility index (Phi) is 9.49. The van der Waals surface area contributed by atoms with Crippen molar-refractivity contribution in [2.75, 3.05) is 47.1 Å². The van der Waals surface area contributed by atoms with Crippen LogP contribution in [0.15, 0.2) is 30.7 Å². The summed E-state index contributed by atoms with van der Waals surface area (Å²) < 4.78 is 18.2. The van der Waals surface area contributed by atoms with Gasteiger partial charge in [-0.1, -0.05) is 11.8 Å². The maximum Gasteiger partial charge on any atom is 0.411 e. The summed E-state index contributed by atoms with van der Waals surface area (Å²) >= 11 is 0. The van der Waals surface area contributed by atoms with E-state index in [4.69, 9.17) is 19.9 Å². The molecule has 3 heterocycles. The number of likely N-dealkylation sites (N-methyl/N-ethyl adjacent to an activating group) is 1. The summed E-state index contributed by atoms with van der Waals surface area (Å²) in [7, 11) is 6.59. The molecule has 2 unspecified atom stereocenters. The number of fused-ring (bicyclic) bond motifs is 1. The molecular weight excluding hydrogens is 568 g/mol. The van der Waals surface area contributed by atoms with E-state index < -0.39 is 35.6 Å². The number of hydrazine groups is 1. The second kappa shape index (κ2) is 13.1. The third kappa shape index (κ3) is 7.48. The summed E-state index contributed by atoms with van der Waals surface area (Å²) in [5, 5.41) is 0.544. The van der Waals surface area contributed by atoms with Gasteiger partial charge >= 0.3 is 6.09 Å². The molecular formula is C30H38N8O6. The number of nitrogens with zero attached hydrogens (tertiary/aromatic N) is 5. The van der Waals surface area contributed by atoms with Crippen LogP contribution in [0.4, 0.5) is 10.6 Å². The smallest absolute Gasteiger partial charge is 0.411 e. The van der Waals surface area contributed by atoms with Gasteiger partial charge in [0.05, 0.1) is 37.8 Å². The third-order valence-electron chi connectivity index (χ3n) is 6.72. The number of hydrogen-bond donors (Lipinski definition) is 3. The highest BCUT2D eigenvalue weighted by Crippen LogP contribution is 2.34. The van der Waals surface area contributed by atoms with Crippen molar-refractivity contribution < 1.29 is 28.6 Å². The number of ether oxygens (including phenoxy) is 3. The maximum absolute atomic E-state index is 13.3. The van der Waals surface area contributed by atoms with Gasteiger partial charge in [-0.05, 0) is 53.4 Å². The fourth-order valence-corrected chi connectivity index (χ4v) is 4.83. The Morgan fingerprint density at radius 2 is 1.75 bits per heavy atom. The lowest BCUT2D eigenvalue weighted by atomic mass is 10.1. The Labute approximate surface area is 255 Å². The first-order valence-electron chi connectivity index (χ1n) is 13.9. The van der Waals surface area contributed by atoms with Crippen molar-refractivity contribution >= 4 is 34.8 Å². The molecule has 2 aromatic heterocycles. The minimum Gasteiger partial charge on any atom is -0.497 e. The molecule has 14 nitrogen and oxygen atoms in total. The zero-order valence-corrected chi connectivity index (χ0v) is 25.9. The summed E-state index contributed by atoms with van der Waals surface area (Å²) in [4.78, 5) is 50.3. The van der Waals surface area contributed by atoms with Crippen LogP contribution < -0.4 is 26.1 Å². The fraction of sp³-hybridized carbons (Fsp3) is 0.433. The van der Waals surface area contributed by atoms with E-state index in [-0.39, 0.29) is 25.3 Å². The van der Waals surface area contributed by atoms with Gasteiger partial charge in [0.2, 0.25) is 0 Å². The average Bonchev–Trinajstić information content (AvgIpc) is 3.56. The van der Waals surface area contributed by atoms with Gasteiger partial charge in [0.1, 0.15) is 40.9 Å². The number of rotatable bonds is 6. The van der Waals surface area contributed by atoms with E-state index in [2.05, 4.69) is 32.7 Å². The number of anilines is 1. The van der Waals surface area contributed by atoms with Crippen molar-refractivity contribution in [3.63, 3.8) is 0 Å². The summed E-state index contributed by atoms with van der Waals surface area (Å²) in [5.74, 6) is 6.76. The molecule has 1 fully saturated rings. The second-order valence-corrected chi connectivity index (χ2v) is 11.6. The lowest BCUT2D eigenvalue weighted by Crippen LogP contribution is -2.53. The van der Waals surface area contributed by atoms with E-state index in [1.807, 2.05) is 4.57 Å². The maximum atomic E-state index is 13.3. The highest BCUT2D eigenvalue weighted by atomic mass is 16.6. The van der Waals surface area contributed by atoms with Gasteiger partial charge < -0.3 is 29.4 Å². The monoisotopic (exact) mass is 606 g/mol. The van der Waals surface area contributed by atoms with Crippen LogP contribution in [0.25, 0.3) is 11.0 Å². The van der Waals surface area contributed by atoms with Crippen molar-refractivity contribution in [2.24, 2.45) is 0 Å². The standard InChI is InChI=1S/C30H38N8O6/c1-30(2,3)44-29(41)38-15-20(12-23(38)28(40)35-34-24(39)16-36(4)5)37-14-19(25-26(31)32-17-33-27(25)37)9-8-18-10-21(42-6)13-22(11-18)43-7/h10-11,13-14,17,20,23H,12,15-16H2,1-7H3,(H,34,39)(H,35,40)(H2,31,32,33).